The van der Waals surface area contributed by atoms with Crippen molar-refractivity contribution in [2.24, 2.45) is 5.10 Å². The van der Waals surface area contributed by atoms with Gasteiger partial charge in [0.1, 0.15) is 11.5 Å². The zero-order chi connectivity index (χ0) is 27.0. The second-order valence-corrected chi connectivity index (χ2v) is 9.93. The molecule has 0 spiro atoms. The molecule has 2 aromatic rings. The van der Waals surface area contributed by atoms with E-state index in [4.69, 9.17) is 38.6 Å². The maximum absolute atomic E-state index is 5.46. The van der Waals surface area contributed by atoms with E-state index in [1.807, 2.05) is 43.3 Å². The standard InChI is InChI=1S/C24H32Br2N6O3S2.Cu/c1-4-35-10-9-18(30-32-24(37)28-14-17-6-8-22(34-3)20(26)12-17)15-29-31-23(36)27-13-16-5-7-21(33-2)19(25)11-16;/h5-8,11-12,15,18,30H,4,9-10,13-14H2,1-3H3,(H4,27,28,31,32,36,37);/q;+2/p-2/b29-15-;. The molecule has 0 saturated carbocycles. The summed E-state index contributed by atoms with van der Waals surface area (Å²) in [6, 6.07) is 11.3. The van der Waals surface area contributed by atoms with Crippen LogP contribution in [-0.4, -0.2) is 49.9 Å². The molecule has 0 saturated heterocycles. The zero-order valence-electron chi connectivity index (χ0n) is 21.1. The molecule has 211 valence electrons. The van der Waals surface area contributed by atoms with E-state index in [2.05, 4.69) is 63.9 Å². The Bertz CT molecular complexity index is 1070. The van der Waals surface area contributed by atoms with Crippen LogP contribution in [0.1, 0.15) is 24.5 Å². The van der Waals surface area contributed by atoms with Crippen LogP contribution < -0.4 is 25.5 Å². The minimum Gasteiger partial charge on any atom is -0.496 e. The summed E-state index contributed by atoms with van der Waals surface area (Å²) in [5, 5.41) is 10.9. The van der Waals surface area contributed by atoms with E-state index in [1.54, 1.807) is 20.4 Å². The number of hydrogen-bond donors (Lipinski definition) is 3. The molecule has 9 nitrogen and oxygen atoms in total. The smallest absolute Gasteiger partial charge is 0.496 e. The van der Waals surface area contributed by atoms with Crippen LogP contribution in [0.5, 0.6) is 11.5 Å². The van der Waals surface area contributed by atoms with E-state index in [0.29, 0.717) is 37.8 Å². The third kappa shape index (κ3) is 13.0. The second kappa shape index (κ2) is 19.5. The molecule has 3 N–H and O–H groups in total. The van der Waals surface area contributed by atoms with Crippen LogP contribution >= 0.6 is 56.3 Å². The average molecular weight is 738 g/mol. The third-order valence-corrected chi connectivity index (χ3v) is 6.53. The predicted molar refractivity (Wildman–Crippen MR) is 164 cm³/mol. The summed E-state index contributed by atoms with van der Waals surface area (Å²) in [6.45, 7) is 4.12. The topological polar surface area (TPSA) is 104 Å². The number of ether oxygens (including phenoxy) is 3. The number of thiocarbonyl (C=S) groups is 2. The van der Waals surface area contributed by atoms with E-state index >= 15 is 0 Å². The summed E-state index contributed by atoms with van der Waals surface area (Å²) >= 11 is 17.6. The van der Waals surface area contributed by atoms with Crippen LogP contribution in [0.2, 0.25) is 0 Å². The number of hydrogen-bond acceptors (Lipinski definition) is 7. The van der Waals surface area contributed by atoms with Crippen LogP contribution in [0, 0.1) is 0 Å². The second-order valence-electron chi connectivity index (χ2n) is 7.45. The SMILES string of the molecule is CCOCCC(/C=N\[N-]C(=S)NCc1ccc(OC)c(Br)c1)N[N-]C(=S)NCc1ccc(OC)c(Br)c1.[Cu+2]. The van der Waals surface area contributed by atoms with E-state index in [0.717, 1.165) is 31.6 Å². The van der Waals surface area contributed by atoms with Crippen molar-refractivity contribution in [2.45, 2.75) is 32.5 Å². The van der Waals surface area contributed by atoms with Gasteiger partial charge in [-0.25, -0.2) is 0 Å². The van der Waals surface area contributed by atoms with Crippen molar-refractivity contribution < 1.29 is 31.3 Å². The first-order valence-corrected chi connectivity index (χ1v) is 13.7. The van der Waals surface area contributed by atoms with Crippen LogP contribution in [0.25, 0.3) is 10.9 Å². The van der Waals surface area contributed by atoms with Gasteiger partial charge >= 0.3 is 17.1 Å². The molecule has 2 rings (SSSR count). The molecule has 1 atom stereocenters. The quantitative estimate of drug-likeness (QED) is 0.0746. The fraction of sp³-hybridized carbons (Fsp3) is 0.375. The molecule has 0 bridgehead atoms. The Morgan fingerprint density at radius 1 is 0.974 bits per heavy atom. The summed E-state index contributed by atoms with van der Waals surface area (Å²) in [7, 11) is 3.25. The van der Waals surface area contributed by atoms with E-state index < -0.39 is 0 Å². The molecule has 14 heteroatoms. The van der Waals surface area contributed by atoms with Crippen LogP contribution in [-0.2, 0) is 34.9 Å². The Morgan fingerprint density at radius 2 is 1.53 bits per heavy atom. The molecule has 0 aliphatic rings. The summed E-state index contributed by atoms with van der Waals surface area (Å²) < 4.78 is 17.7. The summed E-state index contributed by atoms with van der Waals surface area (Å²) in [5.74, 6) is 1.53. The predicted octanol–water partition coefficient (Wildman–Crippen LogP) is 5.71. The molecule has 0 heterocycles. The molecule has 0 fully saturated rings. The Kier molecular flexibility index (Phi) is 17.7. The fourth-order valence-corrected chi connectivity index (χ4v) is 4.33. The van der Waals surface area contributed by atoms with E-state index in [-0.39, 0.29) is 28.2 Å². The van der Waals surface area contributed by atoms with Gasteiger partial charge in [0.05, 0.1) is 23.2 Å². The largest absolute Gasteiger partial charge is 2.00 e. The van der Waals surface area contributed by atoms with Crippen LogP contribution in [0.15, 0.2) is 50.4 Å². The van der Waals surface area contributed by atoms with Gasteiger partial charge in [-0.05, 0) is 93.7 Å². The van der Waals surface area contributed by atoms with Gasteiger partial charge in [0, 0.05) is 35.7 Å². The monoisotopic (exact) mass is 735 g/mol. The van der Waals surface area contributed by atoms with Gasteiger partial charge in [-0.2, -0.15) is 0 Å². The summed E-state index contributed by atoms with van der Waals surface area (Å²) in [6.07, 6.45) is 2.26. The third-order valence-electron chi connectivity index (χ3n) is 4.82. The molecule has 38 heavy (non-hydrogen) atoms. The first-order chi connectivity index (χ1) is 17.9. The van der Waals surface area contributed by atoms with Crippen molar-refractivity contribution in [3.8, 4) is 11.5 Å². The van der Waals surface area contributed by atoms with Crippen molar-refractivity contribution in [3.63, 3.8) is 0 Å². The van der Waals surface area contributed by atoms with Gasteiger partial charge in [-0.1, -0.05) is 36.6 Å². The van der Waals surface area contributed by atoms with Gasteiger partial charge in [-0.15, -0.1) is 0 Å². The first-order valence-electron chi connectivity index (χ1n) is 11.3. The normalized spacial score (nSPS) is 11.3. The Hall–Kier alpha value is -1.51. The molecule has 0 aromatic heterocycles. The maximum Gasteiger partial charge on any atom is 2.00 e. The molecule has 0 amide bonds. The van der Waals surface area contributed by atoms with E-state index in [1.165, 1.54) is 0 Å². The number of benzene rings is 2. The summed E-state index contributed by atoms with van der Waals surface area (Å²) in [4.78, 5) is 0. The van der Waals surface area contributed by atoms with Crippen molar-refractivity contribution in [1.82, 2.24) is 16.1 Å². The fourth-order valence-electron chi connectivity index (χ4n) is 2.90. The Balaban J connectivity index is 0.00000722. The van der Waals surface area contributed by atoms with Crippen molar-refractivity contribution in [2.75, 3.05) is 27.4 Å². The van der Waals surface area contributed by atoms with Gasteiger partial charge in [0.15, 0.2) is 0 Å². The Labute approximate surface area is 262 Å². The Morgan fingerprint density at radius 3 is 2.03 bits per heavy atom. The number of nitrogens with zero attached hydrogens (tertiary/aromatic N) is 3. The molecular weight excluding hydrogens is 708 g/mol. The van der Waals surface area contributed by atoms with Crippen LogP contribution in [0.3, 0.4) is 0 Å². The molecule has 0 aliphatic heterocycles. The zero-order valence-corrected chi connectivity index (χ0v) is 26.8. The molecule has 1 unspecified atom stereocenters. The van der Waals surface area contributed by atoms with Gasteiger partial charge in [0.25, 0.3) is 0 Å². The molecule has 1 radical (unpaired) electrons. The number of methoxy groups -OCH3 is 2. The van der Waals surface area contributed by atoms with Crippen molar-refractivity contribution in [1.29, 1.82) is 0 Å². The van der Waals surface area contributed by atoms with Crippen molar-refractivity contribution in [3.05, 3.63) is 67.3 Å². The number of halogens is 2. The first kappa shape index (κ1) is 34.5. The van der Waals surface area contributed by atoms with Gasteiger partial charge in [-0.3, -0.25) is 10.5 Å². The van der Waals surface area contributed by atoms with Crippen molar-refractivity contribution >= 4 is 72.7 Å². The number of rotatable bonds is 14. The van der Waals surface area contributed by atoms with E-state index in [9.17, 15) is 0 Å². The van der Waals surface area contributed by atoms with Crippen LogP contribution in [0.4, 0.5) is 0 Å². The molecular formula is C24H30Br2CuN6O3S2. The van der Waals surface area contributed by atoms with Gasteiger partial charge < -0.3 is 35.7 Å². The summed E-state index contributed by atoms with van der Waals surface area (Å²) in [5.41, 5.74) is 13.4. The van der Waals surface area contributed by atoms with Gasteiger partial charge in [0.2, 0.25) is 0 Å². The molecule has 0 aliphatic carbocycles. The minimum atomic E-state index is -0.245. The minimum absolute atomic E-state index is 0. The molecule has 2 aromatic carbocycles. The number of nitrogens with one attached hydrogen (secondary N) is 3. The maximum atomic E-state index is 5.46. The average Bonchev–Trinajstić information content (AvgIpc) is 2.89.